The van der Waals surface area contributed by atoms with Crippen molar-refractivity contribution >= 4 is 40.6 Å². The Labute approximate surface area is 205 Å². The van der Waals surface area contributed by atoms with Crippen LogP contribution in [0.15, 0.2) is 84.5 Å². The summed E-state index contributed by atoms with van der Waals surface area (Å²) in [7, 11) is 0. The van der Waals surface area contributed by atoms with Crippen LogP contribution in [0.4, 0.5) is 16.2 Å². The average molecular weight is 487 g/mol. The summed E-state index contributed by atoms with van der Waals surface area (Å²) in [5, 5.41) is 19.1. The predicted octanol–water partition coefficient (Wildman–Crippen LogP) is 5.01. The highest BCUT2D eigenvalue weighted by molar-refractivity contribution is 7.13. The van der Waals surface area contributed by atoms with E-state index in [0.717, 1.165) is 21.6 Å². The van der Waals surface area contributed by atoms with Crippen molar-refractivity contribution in [3.63, 3.8) is 0 Å². The Hall–Kier alpha value is -4.50. The number of amides is 3. The molecular formula is C26H22N4O4S. The van der Waals surface area contributed by atoms with Gasteiger partial charge in [0.05, 0.1) is 17.8 Å². The Morgan fingerprint density at radius 2 is 1.71 bits per heavy atom. The van der Waals surface area contributed by atoms with Crippen LogP contribution in [0.25, 0.3) is 10.4 Å². The third kappa shape index (κ3) is 6.52. The van der Waals surface area contributed by atoms with E-state index in [4.69, 9.17) is 5.11 Å². The van der Waals surface area contributed by atoms with Gasteiger partial charge >= 0.3 is 6.09 Å². The Morgan fingerprint density at radius 3 is 2.40 bits per heavy atom. The minimum absolute atomic E-state index is 0.121. The van der Waals surface area contributed by atoms with Crippen molar-refractivity contribution in [1.82, 2.24) is 10.3 Å². The van der Waals surface area contributed by atoms with Crippen LogP contribution < -0.4 is 16.0 Å². The van der Waals surface area contributed by atoms with E-state index in [0.29, 0.717) is 17.8 Å². The van der Waals surface area contributed by atoms with E-state index >= 15 is 0 Å². The van der Waals surface area contributed by atoms with E-state index < -0.39 is 6.09 Å². The number of thiophene rings is 1. The van der Waals surface area contributed by atoms with E-state index in [-0.39, 0.29) is 23.9 Å². The Bertz CT molecular complexity index is 1320. The molecule has 0 atom stereocenters. The smallest absolute Gasteiger partial charge is 0.409 e. The maximum Gasteiger partial charge on any atom is 0.409 e. The number of anilines is 2. The second kappa shape index (κ2) is 11.1. The van der Waals surface area contributed by atoms with E-state index in [2.05, 4.69) is 20.9 Å². The van der Waals surface area contributed by atoms with Gasteiger partial charge in [-0.15, -0.1) is 11.3 Å². The van der Waals surface area contributed by atoms with Gasteiger partial charge in [-0.3, -0.25) is 19.9 Å². The van der Waals surface area contributed by atoms with Crippen LogP contribution in [-0.4, -0.2) is 28.0 Å². The molecule has 3 amide bonds. The molecule has 0 aliphatic rings. The Kier molecular flexibility index (Phi) is 7.49. The average Bonchev–Trinajstić information content (AvgIpc) is 3.39. The predicted molar refractivity (Wildman–Crippen MR) is 136 cm³/mol. The molecule has 0 unspecified atom stereocenters. The highest BCUT2D eigenvalue weighted by atomic mass is 32.1. The van der Waals surface area contributed by atoms with Crippen LogP contribution >= 0.6 is 11.3 Å². The van der Waals surface area contributed by atoms with Gasteiger partial charge < -0.3 is 15.7 Å². The second-order valence-electron chi connectivity index (χ2n) is 7.63. The molecule has 2 aromatic heterocycles. The summed E-state index contributed by atoms with van der Waals surface area (Å²) in [6, 6.07) is 19.5. The first-order chi connectivity index (χ1) is 17.0. The molecule has 0 bridgehead atoms. The molecule has 0 saturated heterocycles. The molecule has 35 heavy (non-hydrogen) atoms. The molecule has 0 fully saturated rings. The first kappa shape index (κ1) is 23.7. The first-order valence-electron chi connectivity index (χ1n) is 10.7. The molecule has 4 aromatic rings. The number of benzene rings is 2. The fourth-order valence-corrected chi connectivity index (χ4v) is 4.11. The lowest BCUT2D eigenvalue weighted by molar-refractivity contribution is -0.120. The van der Waals surface area contributed by atoms with Crippen molar-refractivity contribution in [3.8, 4) is 10.4 Å². The summed E-state index contributed by atoms with van der Waals surface area (Å²) >= 11 is 1.55. The fourth-order valence-electron chi connectivity index (χ4n) is 3.39. The van der Waals surface area contributed by atoms with Gasteiger partial charge in [0, 0.05) is 29.4 Å². The molecule has 2 heterocycles. The highest BCUT2D eigenvalue weighted by Gasteiger charge is 2.13. The van der Waals surface area contributed by atoms with E-state index in [1.54, 1.807) is 72.3 Å². The van der Waals surface area contributed by atoms with Crippen LogP contribution in [0.2, 0.25) is 0 Å². The van der Waals surface area contributed by atoms with Gasteiger partial charge in [-0.05, 0) is 58.5 Å². The van der Waals surface area contributed by atoms with Crippen molar-refractivity contribution in [2.24, 2.45) is 0 Å². The topological polar surface area (TPSA) is 120 Å². The summed E-state index contributed by atoms with van der Waals surface area (Å²) in [6.07, 6.45) is 2.33. The number of pyridine rings is 1. The van der Waals surface area contributed by atoms with E-state index in [1.807, 2.05) is 23.6 Å². The summed E-state index contributed by atoms with van der Waals surface area (Å²) in [6.45, 7) is 0.330. The molecule has 0 spiro atoms. The maximum absolute atomic E-state index is 12.9. The van der Waals surface area contributed by atoms with E-state index in [9.17, 15) is 14.4 Å². The van der Waals surface area contributed by atoms with Gasteiger partial charge in [0.15, 0.2) is 0 Å². The quantitative estimate of drug-likeness (QED) is 0.279. The normalized spacial score (nSPS) is 10.4. The maximum atomic E-state index is 12.9. The van der Waals surface area contributed by atoms with Crippen molar-refractivity contribution in [2.45, 2.75) is 13.0 Å². The van der Waals surface area contributed by atoms with Gasteiger partial charge in [0.1, 0.15) is 0 Å². The molecule has 0 aliphatic heterocycles. The van der Waals surface area contributed by atoms with Gasteiger partial charge in [0.2, 0.25) is 5.91 Å². The molecule has 9 heteroatoms. The third-order valence-electron chi connectivity index (χ3n) is 5.11. The lowest BCUT2D eigenvalue weighted by atomic mass is 10.1. The van der Waals surface area contributed by atoms with Crippen molar-refractivity contribution in [3.05, 3.63) is 101 Å². The lowest BCUT2D eigenvalue weighted by Crippen LogP contribution is -2.24. The van der Waals surface area contributed by atoms with Crippen LogP contribution in [-0.2, 0) is 17.8 Å². The van der Waals surface area contributed by atoms with Gasteiger partial charge in [-0.1, -0.05) is 30.3 Å². The second-order valence-corrected chi connectivity index (χ2v) is 8.58. The van der Waals surface area contributed by atoms with Crippen LogP contribution in [0.5, 0.6) is 0 Å². The monoisotopic (exact) mass is 486 g/mol. The summed E-state index contributed by atoms with van der Waals surface area (Å²) in [5.41, 5.74) is 3.57. The highest BCUT2D eigenvalue weighted by Crippen LogP contribution is 2.32. The summed E-state index contributed by atoms with van der Waals surface area (Å²) < 4.78 is 0. The molecular weight excluding hydrogens is 464 g/mol. The first-order valence-corrected chi connectivity index (χ1v) is 11.6. The number of hydrogen-bond acceptors (Lipinski definition) is 5. The summed E-state index contributed by atoms with van der Waals surface area (Å²) in [5.74, 6) is -0.502. The number of rotatable bonds is 8. The van der Waals surface area contributed by atoms with Crippen molar-refractivity contribution < 1.29 is 19.5 Å². The fraction of sp³-hybridized carbons (Fsp3) is 0.0769. The van der Waals surface area contributed by atoms with Gasteiger partial charge in [0.25, 0.3) is 5.91 Å². The zero-order chi connectivity index (χ0) is 24.6. The lowest BCUT2D eigenvalue weighted by Gasteiger charge is -2.13. The molecule has 0 saturated carbocycles. The van der Waals surface area contributed by atoms with Crippen LogP contribution in [0, 0.1) is 0 Å². The van der Waals surface area contributed by atoms with Gasteiger partial charge in [-0.25, -0.2) is 4.79 Å². The van der Waals surface area contributed by atoms with Crippen LogP contribution in [0.3, 0.4) is 0 Å². The zero-order valence-corrected chi connectivity index (χ0v) is 19.3. The Balaban J connectivity index is 1.41. The number of nitrogens with zero attached hydrogens (tertiary/aromatic N) is 1. The number of nitrogens with one attached hydrogen (secondary N) is 3. The van der Waals surface area contributed by atoms with Gasteiger partial charge in [-0.2, -0.15) is 0 Å². The van der Waals surface area contributed by atoms with E-state index in [1.165, 1.54) is 0 Å². The minimum Gasteiger partial charge on any atom is -0.465 e. The van der Waals surface area contributed by atoms with Crippen molar-refractivity contribution in [1.29, 1.82) is 0 Å². The standard InChI is InChI=1S/C26H22N4O4S/c31-24(13-18-3-1-11-27-15-18)28-16-17-5-7-19(8-6-17)25(32)29-22-14-20(23-4-2-12-35-23)9-10-21(22)30-26(33)34/h1-12,14-15,30H,13,16H2,(H,28,31)(H,29,32)(H,33,34). The number of carbonyl (C=O) groups excluding carboxylic acids is 2. The molecule has 0 radical (unpaired) electrons. The Morgan fingerprint density at radius 1 is 0.886 bits per heavy atom. The van der Waals surface area contributed by atoms with Crippen molar-refractivity contribution in [2.75, 3.05) is 10.6 Å². The van der Waals surface area contributed by atoms with Crippen LogP contribution in [0.1, 0.15) is 21.5 Å². The molecule has 2 aromatic carbocycles. The SMILES string of the molecule is O=C(O)Nc1ccc(-c2cccs2)cc1NC(=O)c1ccc(CNC(=O)Cc2cccnc2)cc1. The largest absolute Gasteiger partial charge is 0.465 e. The summed E-state index contributed by atoms with van der Waals surface area (Å²) in [4.78, 5) is 41.2. The number of carbonyl (C=O) groups is 3. The molecule has 8 nitrogen and oxygen atoms in total. The molecule has 0 aliphatic carbocycles. The third-order valence-corrected chi connectivity index (χ3v) is 6.03. The zero-order valence-electron chi connectivity index (χ0n) is 18.5. The number of aromatic nitrogens is 1. The molecule has 4 N–H and O–H groups in total. The number of carboxylic acid groups (broad SMARTS) is 1. The number of hydrogen-bond donors (Lipinski definition) is 4. The molecule has 4 rings (SSSR count). The molecule has 176 valence electrons. The minimum atomic E-state index is -1.22.